The number of rotatable bonds is 1. The van der Waals surface area contributed by atoms with Crippen LogP contribution in [-0.4, -0.2) is 17.3 Å². The first-order valence-electron chi connectivity index (χ1n) is 4.50. The van der Waals surface area contributed by atoms with Crippen LogP contribution >= 0.6 is 0 Å². The second-order valence-corrected chi connectivity index (χ2v) is 2.72. The maximum atomic E-state index is 8.42. The van der Waals surface area contributed by atoms with Gasteiger partial charge in [-0.25, -0.2) is 0 Å². The summed E-state index contributed by atoms with van der Waals surface area (Å²) in [6, 6.07) is 11.6. The molecule has 7 heteroatoms. The van der Waals surface area contributed by atoms with Crippen LogP contribution in [0.15, 0.2) is 48.8 Å². The molecule has 0 amide bonds. The summed E-state index contributed by atoms with van der Waals surface area (Å²) >= 11 is 0. The Morgan fingerprint density at radius 1 is 0.765 bits per heavy atom. The molecule has 87 valence electrons. The zero-order chi connectivity index (χ0) is 11.8. The Kier molecular flexibility index (Phi) is 8.36. The summed E-state index contributed by atoms with van der Waals surface area (Å²) in [5, 5.41) is 25.2. The van der Waals surface area contributed by atoms with Gasteiger partial charge in [0.2, 0.25) is 0 Å². The Labute approximate surface area is 112 Å². The van der Waals surface area contributed by atoms with Crippen LogP contribution in [-0.2, 0) is 19.5 Å². The first kappa shape index (κ1) is 15.9. The average Bonchev–Trinajstić information content (AvgIpc) is 2.31. The molecule has 0 bridgehead atoms. The van der Waals surface area contributed by atoms with Gasteiger partial charge in [-0.2, -0.15) is 0 Å². The smallest absolute Gasteiger partial charge is 0.907 e. The van der Waals surface area contributed by atoms with E-state index in [0.717, 1.165) is 11.4 Å². The van der Waals surface area contributed by atoms with Gasteiger partial charge in [0.25, 0.3) is 0 Å². The van der Waals surface area contributed by atoms with E-state index in [1.54, 1.807) is 12.4 Å². The zero-order valence-corrected chi connectivity index (χ0v) is 10.4. The number of aromatic nitrogens is 2. The molecular formula is C10H8BN2O3Ru. The summed E-state index contributed by atoms with van der Waals surface area (Å²) < 4.78 is 0. The van der Waals surface area contributed by atoms with E-state index in [-0.39, 0.29) is 19.5 Å². The van der Waals surface area contributed by atoms with E-state index in [0.29, 0.717) is 0 Å². The van der Waals surface area contributed by atoms with Gasteiger partial charge in [-0.1, -0.05) is 12.1 Å². The first-order chi connectivity index (χ1) is 7.70. The Morgan fingerprint density at radius 3 is 1.35 bits per heavy atom. The SMILES string of the molecule is [O-]B([O-])[O-].[Ru+3].c1ccc(-c2ccccn2)nc1. The Bertz CT molecular complexity index is 363. The summed E-state index contributed by atoms with van der Waals surface area (Å²) in [5.41, 5.74) is 1.83. The molecule has 2 rings (SSSR count). The molecular weight excluding hydrogens is 308 g/mol. The fourth-order valence-electron chi connectivity index (χ4n) is 1.03. The normalized spacial score (nSPS) is 8.41. The molecule has 0 aliphatic rings. The second-order valence-electron chi connectivity index (χ2n) is 2.72. The van der Waals surface area contributed by atoms with Crippen molar-refractivity contribution in [1.82, 2.24) is 9.97 Å². The van der Waals surface area contributed by atoms with Gasteiger partial charge in [0.1, 0.15) is 0 Å². The molecule has 17 heavy (non-hydrogen) atoms. The van der Waals surface area contributed by atoms with Crippen molar-refractivity contribution in [2.45, 2.75) is 0 Å². The van der Waals surface area contributed by atoms with Crippen LogP contribution in [0.25, 0.3) is 11.4 Å². The number of hydrogen-bond acceptors (Lipinski definition) is 5. The second kappa shape index (κ2) is 8.96. The Hall–Kier alpha value is -1.13. The molecule has 5 nitrogen and oxygen atoms in total. The first-order valence-corrected chi connectivity index (χ1v) is 4.50. The van der Waals surface area contributed by atoms with Crippen LogP contribution < -0.4 is 15.1 Å². The largest absolute Gasteiger partial charge is 3.00 e. The van der Waals surface area contributed by atoms with Crippen molar-refractivity contribution >= 4 is 7.32 Å². The van der Waals surface area contributed by atoms with Crippen LogP contribution in [0.3, 0.4) is 0 Å². The Balaban J connectivity index is 0.000000453. The van der Waals surface area contributed by atoms with Crippen LogP contribution in [0.4, 0.5) is 0 Å². The average molecular weight is 316 g/mol. The molecule has 0 aliphatic heterocycles. The van der Waals surface area contributed by atoms with Gasteiger partial charge in [0.05, 0.1) is 11.4 Å². The van der Waals surface area contributed by atoms with Gasteiger partial charge in [0, 0.05) is 12.4 Å². The van der Waals surface area contributed by atoms with Gasteiger partial charge in [0.15, 0.2) is 0 Å². The molecule has 0 spiro atoms. The van der Waals surface area contributed by atoms with Gasteiger partial charge in [-0.05, 0) is 24.3 Å². The maximum absolute atomic E-state index is 8.42. The topological polar surface area (TPSA) is 95.0 Å². The van der Waals surface area contributed by atoms with Crippen molar-refractivity contribution in [3.05, 3.63) is 48.8 Å². The third-order valence-corrected chi connectivity index (χ3v) is 1.59. The predicted octanol–water partition coefficient (Wildman–Crippen LogP) is -1.81. The van der Waals surface area contributed by atoms with E-state index >= 15 is 0 Å². The van der Waals surface area contributed by atoms with Gasteiger partial charge in [-0.3, -0.25) is 17.3 Å². The molecule has 0 aliphatic carbocycles. The van der Waals surface area contributed by atoms with Crippen LogP contribution in [0.5, 0.6) is 0 Å². The van der Waals surface area contributed by atoms with E-state index in [9.17, 15) is 0 Å². The molecule has 0 saturated carbocycles. The molecule has 1 radical (unpaired) electrons. The molecule has 0 fully saturated rings. The van der Waals surface area contributed by atoms with Gasteiger partial charge >= 0.3 is 19.5 Å². The Morgan fingerprint density at radius 2 is 1.12 bits per heavy atom. The molecule has 2 aromatic heterocycles. The van der Waals surface area contributed by atoms with Gasteiger partial charge < -0.3 is 15.1 Å². The van der Waals surface area contributed by atoms with E-state index in [4.69, 9.17) is 15.1 Å². The van der Waals surface area contributed by atoms with Gasteiger partial charge in [-0.15, -0.1) is 0 Å². The van der Waals surface area contributed by atoms with E-state index in [1.807, 2.05) is 36.4 Å². The maximum Gasteiger partial charge on any atom is 3.00 e. The molecule has 0 N–H and O–H groups in total. The minimum atomic E-state index is -2.92. The molecule has 0 unspecified atom stereocenters. The van der Waals surface area contributed by atoms with Crippen LogP contribution in [0.1, 0.15) is 0 Å². The molecule has 2 aromatic rings. The quantitative estimate of drug-likeness (QED) is 0.578. The molecule has 0 atom stereocenters. The fraction of sp³-hybridized carbons (Fsp3) is 0. The molecule has 0 aromatic carbocycles. The summed E-state index contributed by atoms with van der Waals surface area (Å²) in [6.45, 7) is 0. The molecule has 2 heterocycles. The van der Waals surface area contributed by atoms with Crippen LogP contribution in [0.2, 0.25) is 0 Å². The zero-order valence-electron chi connectivity index (χ0n) is 8.67. The summed E-state index contributed by atoms with van der Waals surface area (Å²) in [7, 11) is -2.92. The summed E-state index contributed by atoms with van der Waals surface area (Å²) in [6.07, 6.45) is 3.54. The predicted molar refractivity (Wildman–Crippen MR) is 53.2 cm³/mol. The third kappa shape index (κ3) is 6.92. The van der Waals surface area contributed by atoms with E-state index < -0.39 is 7.32 Å². The number of nitrogens with zero attached hydrogens (tertiary/aromatic N) is 2. The van der Waals surface area contributed by atoms with Crippen molar-refractivity contribution in [3.63, 3.8) is 0 Å². The molecule has 0 saturated heterocycles. The van der Waals surface area contributed by atoms with Crippen molar-refractivity contribution in [2.24, 2.45) is 0 Å². The van der Waals surface area contributed by atoms with Crippen LogP contribution in [0, 0.1) is 0 Å². The minimum Gasteiger partial charge on any atom is -0.907 e. The van der Waals surface area contributed by atoms with Crippen molar-refractivity contribution < 1.29 is 34.6 Å². The standard InChI is InChI=1S/C10H8N2.BO3.Ru/c1-3-7-11-9(5-1)10-6-2-4-8-12-10;2-1(3)4;/h1-8H;;/q;-3;+3. The monoisotopic (exact) mass is 317 g/mol. The van der Waals surface area contributed by atoms with E-state index in [2.05, 4.69) is 9.97 Å². The van der Waals surface area contributed by atoms with Crippen molar-refractivity contribution in [3.8, 4) is 11.4 Å². The summed E-state index contributed by atoms with van der Waals surface area (Å²) in [5.74, 6) is 0. The summed E-state index contributed by atoms with van der Waals surface area (Å²) in [4.78, 5) is 8.37. The number of hydrogen-bond donors (Lipinski definition) is 0. The van der Waals surface area contributed by atoms with E-state index in [1.165, 1.54) is 0 Å². The third-order valence-electron chi connectivity index (χ3n) is 1.59. The van der Waals surface area contributed by atoms with Crippen molar-refractivity contribution in [1.29, 1.82) is 0 Å². The number of pyridine rings is 2. The fourth-order valence-corrected chi connectivity index (χ4v) is 1.03. The minimum absolute atomic E-state index is 0. The van der Waals surface area contributed by atoms with Crippen molar-refractivity contribution in [2.75, 3.05) is 0 Å².